The number of hydrogen-bond donors (Lipinski definition) is 3. The third kappa shape index (κ3) is 4.06. The number of aromatic nitrogens is 3. The molecule has 0 bridgehead atoms. The smallest absolute Gasteiger partial charge is 0.287 e. The number of aliphatic hydroxyl groups is 1. The Kier molecular flexibility index (Phi) is 5.69. The number of nitrogens with one attached hydrogen (secondary N) is 1. The minimum Gasteiger partial charge on any atom is -0.395 e. The lowest BCUT2D eigenvalue weighted by atomic mass is 10.3. The van der Waals surface area contributed by atoms with Gasteiger partial charge in [0, 0.05) is 19.1 Å². The van der Waals surface area contributed by atoms with Crippen molar-refractivity contribution >= 4 is 5.91 Å². The third-order valence-corrected chi connectivity index (χ3v) is 2.64. The van der Waals surface area contributed by atoms with E-state index in [9.17, 15) is 4.79 Å². The van der Waals surface area contributed by atoms with Crippen molar-refractivity contribution < 1.29 is 9.90 Å². The molecule has 4 N–H and O–H groups in total. The molecule has 0 aromatic carbocycles. The molecule has 0 aliphatic rings. The number of hydrogen-bond acceptors (Lipinski definition) is 6. The third-order valence-electron chi connectivity index (χ3n) is 2.64. The number of carbonyl (C=O) groups excluding carboxylic acids is 1. The van der Waals surface area contributed by atoms with Crippen molar-refractivity contribution in [3.8, 4) is 0 Å². The maximum Gasteiger partial charge on any atom is 0.287 e. The second-order valence-corrected chi connectivity index (χ2v) is 4.19. The normalized spacial score (nSPS) is 11.2. The summed E-state index contributed by atoms with van der Waals surface area (Å²) in [4.78, 5) is 13.3. The predicted molar refractivity (Wildman–Crippen MR) is 65.5 cm³/mol. The fourth-order valence-electron chi connectivity index (χ4n) is 1.57. The van der Waals surface area contributed by atoms with Gasteiger partial charge in [-0.25, -0.2) is 5.84 Å². The molecule has 0 atom stereocenters. The summed E-state index contributed by atoms with van der Waals surface area (Å²) in [6, 6.07) is 0.340. The molecule has 8 heteroatoms. The highest BCUT2D eigenvalue weighted by atomic mass is 16.3. The van der Waals surface area contributed by atoms with Gasteiger partial charge in [0.25, 0.3) is 5.91 Å². The summed E-state index contributed by atoms with van der Waals surface area (Å²) in [5.74, 6) is 4.54. The van der Waals surface area contributed by atoms with Gasteiger partial charge >= 0.3 is 0 Å². The summed E-state index contributed by atoms with van der Waals surface area (Å²) < 4.78 is 1.58. The Labute approximate surface area is 106 Å². The van der Waals surface area contributed by atoms with E-state index in [0.29, 0.717) is 19.1 Å². The summed E-state index contributed by atoms with van der Waals surface area (Å²) in [5.41, 5.74) is 2.19. The summed E-state index contributed by atoms with van der Waals surface area (Å²) in [6.45, 7) is 6.18. The topological polar surface area (TPSA) is 109 Å². The Hall–Kier alpha value is -1.51. The molecule has 102 valence electrons. The van der Waals surface area contributed by atoms with E-state index in [1.807, 2.05) is 5.43 Å². The van der Waals surface area contributed by atoms with E-state index >= 15 is 0 Å². The molecule has 0 fully saturated rings. The second kappa shape index (κ2) is 7.04. The maximum absolute atomic E-state index is 11.2. The zero-order valence-electron chi connectivity index (χ0n) is 10.7. The van der Waals surface area contributed by atoms with Crippen LogP contribution in [0.2, 0.25) is 0 Å². The first-order chi connectivity index (χ1) is 8.58. The highest BCUT2D eigenvalue weighted by molar-refractivity contribution is 5.91. The quantitative estimate of drug-likeness (QED) is 0.314. The van der Waals surface area contributed by atoms with Crippen LogP contribution in [0.3, 0.4) is 0 Å². The number of nitrogens with zero attached hydrogens (tertiary/aromatic N) is 4. The lowest BCUT2D eigenvalue weighted by Crippen LogP contribution is -2.36. The number of hydrazine groups is 1. The first kappa shape index (κ1) is 14.6. The van der Waals surface area contributed by atoms with Crippen LogP contribution in [0.15, 0.2) is 6.20 Å². The molecule has 1 rings (SSSR count). The van der Waals surface area contributed by atoms with Crippen LogP contribution in [-0.2, 0) is 6.54 Å². The molecule has 0 spiro atoms. The Balaban J connectivity index is 2.52. The molecule has 0 aliphatic carbocycles. The second-order valence-electron chi connectivity index (χ2n) is 4.19. The average molecular weight is 256 g/mol. The van der Waals surface area contributed by atoms with Crippen LogP contribution in [0, 0.1) is 0 Å². The van der Waals surface area contributed by atoms with Crippen molar-refractivity contribution in [2.75, 3.05) is 19.7 Å². The molecular formula is C10H20N6O2. The number of amides is 1. The van der Waals surface area contributed by atoms with Crippen LogP contribution >= 0.6 is 0 Å². The average Bonchev–Trinajstić information content (AvgIpc) is 2.81. The van der Waals surface area contributed by atoms with Crippen LogP contribution < -0.4 is 11.3 Å². The van der Waals surface area contributed by atoms with E-state index in [1.165, 1.54) is 0 Å². The van der Waals surface area contributed by atoms with Crippen molar-refractivity contribution in [1.82, 2.24) is 25.3 Å². The Morgan fingerprint density at radius 3 is 2.89 bits per heavy atom. The zero-order chi connectivity index (χ0) is 13.5. The van der Waals surface area contributed by atoms with E-state index in [0.717, 1.165) is 6.54 Å². The monoisotopic (exact) mass is 256 g/mol. The van der Waals surface area contributed by atoms with Crippen molar-refractivity contribution in [3.05, 3.63) is 11.9 Å². The van der Waals surface area contributed by atoms with Crippen LogP contribution in [0.4, 0.5) is 0 Å². The molecule has 1 heterocycles. The van der Waals surface area contributed by atoms with Gasteiger partial charge in [0.15, 0.2) is 5.69 Å². The molecular weight excluding hydrogens is 236 g/mol. The number of nitrogen functional groups attached to an aromatic ring is 1. The van der Waals surface area contributed by atoms with E-state index in [1.54, 1.807) is 10.9 Å². The minimum absolute atomic E-state index is 0.121. The predicted octanol–water partition coefficient (Wildman–Crippen LogP) is -1.42. The van der Waals surface area contributed by atoms with Gasteiger partial charge in [0.1, 0.15) is 0 Å². The molecule has 18 heavy (non-hydrogen) atoms. The Morgan fingerprint density at radius 1 is 1.61 bits per heavy atom. The van der Waals surface area contributed by atoms with Gasteiger partial charge in [-0.2, -0.15) is 0 Å². The van der Waals surface area contributed by atoms with Crippen molar-refractivity contribution in [3.63, 3.8) is 0 Å². The summed E-state index contributed by atoms with van der Waals surface area (Å²) in [6.07, 6.45) is 1.54. The lowest BCUT2D eigenvalue weighted by Gasteiger charge is -2.25. The molecule has 1 aromatic heterocycles. The number of nitrogens with two attached hydrogens (primary N) is 1. The molecule has 0 saturated carbocycles. The first-order valence-corrected chi connectivity index (χ1v) is 5.84. The van der Waals surface area contributed by atoms with Crippen molar-refractivity contribution in [1.29, 1.82) is 0 Å². The standard InChI is InChI=1S/C10H20N6O2/c1-8(2)15(5-6-17)3-4-16-7-9(13-14-16)10(18)12-11/h7-8,17H,3-6,11H2,1-2H3,(H,12,18). The Morgan fingerprint density at radius 2 is 2.33 bits per heavy atom. The summed E-state index contributed by atoms with van der Waals surface area (Å²) >= 11 is 0. The Bertz CT molecular complexity index is 378. The van der Waals surface area contributed by atoms with E-state index in [4.69, 9.17) is 10.9 Å². The molecule has 0 aliphatic heterocycles. The van der Waals surface area contributed by atoms with Crippen molar-refractivity contribution in [2.24, 2.45) is 5.84 Å². The van der Waals surface area contributed by atoms with Gasteiger partial charge < -0.3 is 5.11 Å². The fraction of sp³-hybridized carbons (Fsp3) is 0.700. The summed E-state index contributed by atoms with van der Waals surface area (Å²) in [5, 5.41) is 16.5. The first-order valence-electron chi connectivity index (χ1n) is 5.84. The van der Waals surface area contributed by atoms with Gasteiger partial charge in [0.2, 0.25) is 0 Å². The van der Waals surface area contributed by atoms with E-state index in [-0.39, 0.29) is 12.3 Å². The number of rotatable bonds is 7. The number of aliphatic hydroxyl groups excluding tert-OH is 1. The minimum atomic E-state index is -0.461. The SMILES string of the molecule is CC(C)N(CCO)CCn1cc(C(=O)NN)nn1. The van der Waals surface area contributed by atoms with Crippen LogP contribution in [-0.4, -0.2) is 56.6 Å². The van der Waals surface area contributed by atoms with E-state index in [2.05, 4.69) is 29.1 Å². The largest absolute Gasteiger partial charge is 0.395 e. The van der Waals surface area contributed by atoms with Crippen molar-refractivity contribution in [2.45, 2.75) is 26.4 Å². The lowest BCUT2D eigenvalue weighted by molar-refractivity contribution is 0.0948. The van der Waals surface area contributed by atoms with Gasteiger partial charge in [-0.3, -0.25) is 19.8 Å². The van der Waals surface area contributed by atoms with Gasteiger partial charge in [-0.15, -0.1) is 5.10 Å². The highest BCUT2D eigenvalue weighted by Crippen LogP contribution is 1.99. The molecule has 0 saturated heterocycles. The fourth-order valence-corrected chi connectivity index (χ4v) is 1.57. The van der Waals surface area contributed by atoms with Gasteiger partial charge in [-0.1, -0.05) is 5.21 Å². The van der Waals surface area contributed by atoms with Crippen LogP contribution in [0.1, 0.15) is 24.3 Å². The highest BCUT2D eigenvalue weighted by Gasteiger charge is 2.11. The zero-order valence-corrected chi connectivity index (χ0v) is 10.7. The molecule has 1 aromatic rings. The van der Waals surface area contributed by atoms with E-state index < -0.39 is 5.91 Å². The molecule has 0 unspecified atom stereocenters. The van der Waals surface area contributed by atoms with Crippen LogP contribution in [0.5, 0.6) is 0 Å². The number of carbonyl (C=O) groups is 1. The maximum atomic E-state index is 11.2. The van der Waals surface area contributed by atoms with Gasteiger partial charge in [-0.05, 0) is 13.8 Å². The molecule has 8 nitrogen and oxygen atoms in total. The van der Waals surface area contributed by atoms with Gasteiger partial charge in [0.05, 0.1) is 19.3 Å². The molecule has 0 radical (unpaired) electrons. The molecule has 1 amide bonds. The van der Waals surface area contributed by atoms with Crippen LogP contribution in [0.25, 0.3) is 0 Å². The summed E-state index contributed by atoms with van der Waals surface area (Å²) in [7, 11) is 0.